The van der Waals surface area contributed by atoms with Crippen LogP contribution in [-0.2, 0) is 0 Å². The second-order valence-corrected chi connectivity index (χ2v) is 5.42. The van der Waals surface area contributed by atoms with Gasteiger partial charge >= 0.3 is 0 Å². The highest BCUT2D eigenvalue weighted by molar-refractivity contribution is 9.11. The van der Waals surface area contributed by atoms with Gasteiger partial charge in [0.05, 0.1) is 11.9 Å². The van der Waals surface area contributed by atoms with Crippen molar-refractivity contribution in [1.82, 2.24) is 14.6 Å². The lowest BCUT2D eigenvalue weighted by Crippen LogP contribution is -1.83. The molecule has 80 valence electrons. The predicted molar refractivity (Wildman–Crippen MR) is 64.0 cm³/mol. The Labute approximate surface area is 103 Å². The molecule has 0 fully saturated rings. The van der Waals surface area contributed by atoms with Crippen LogP contribution in [0.5, 0.6) is 0 Å². The molecule has 3 nitrogen and oxygen atoms in total. The van der Waals surface area contributed by atoms with Crippen molar-refractivity contribution in [1.29, 1.82) is 0 Å². The number of hydrogen-bond donors (Lipinski definition) is 0. The lowest BCUT2D eigenvalue weighted by Gasteiger charge is -1.96. The van der Waals surface area contributed by atoms with Crippen LogP contribution in [0.4, 0.5) is 4.39 Å². The Balaban J connectivity index is 2.19. The average Bonchev–Trinajstić information content (AvgIpc) is 2.75. The molecule has 0 unspecified atom stereocenters. The molecular formula is C10H5BrFN3S. The molecule has 0 bridgehead atoms. The van der Waals surface area contributed by atoms with Gasteiger partial charge in [-0.05, 0) is 28.1 Å². The molecule has 3 aromatic rings. The molecule has 0 radical (unpaired) electrons. The quantitative estimate of drug-likeness (QED) is 0.689. The summed E-state index contributed by atoms with van der Waals surface area (Å²) < 4.78 is 15.9. The van der Waals surface area contributed by atoms with Crippen molar-refractivity contribution >= 4 is 32.2 Å². The molecule has 0 amide bonds. The summed E-state index contributed by atoms with van der Waals surface area (Å²) in [6.07, 6.45) is 1.72. The molecule has 0 saturated heterocycles. The fourth-order valence-electron chi connectivity index (χ4n) is 1.47. The number of aromatic nitrogens is 3. The molecular weight excluding hydrogens is 293 g/mol. The standard InChI is InChI=1S/C10H5BrFN3S/c11-9-14-15-5-8(13-10(15)16-9)6-3-1-2-4-7(6)12/h1-5H. The SMILES string of the molecule is Fc1ccccc1-c1cn2nc(Br)sc2n1. The minimum atomic E-state index is -0.271. The van der Waals surface area contributed by atoms with Crippen molar-refractivity contribution < 1.29 is 4.39 Å². The first-order valence-corrected chi connectivity index (χ1v) is 6.11. The largest absolute Gasteiger partial charge is 0.217 e. The van der Waals surface area contributed by atoms with Crippen LogP contribution < -0.4 is 0 Å². The van der Waals surface area contributed by atoms with Crippen molar-refractivity contribution in [2.24, 2.45) is 0 Å². The number of imidazole rings is 1. The molecule has 0 spiro atoms. The number of rotatable bonds is 1. The Kier molecular flexibility index (Phi) is 2.26. The van der Waals surface area contributed by atoms with Gasteiger partial charge in [-0.2, -0.15) is 0 Å². The molecule has 16 heavy (non-hydrogen) atoms. The third-order valence-electron chi connectivity index (χ3n) is 2.17. The van der Waals surface area contributed by atoms with Crippen molar-refractivity contribution in [2.75, 3.05) is 0 Å². The lowest BCUT2D eigenvalue weighted by molar-refractivity contribution is 0.631. The number of nitrogens with zero attached hydrogens (tertiary/aromatic N) is 3. The zero-order valence-electron chi connectivity index (χ0n) is 7.89. The van der Waals surface area contributed by atoms with E-state index in [0.717, 1.165) is 8.88 Å². The van der Waals surface area contributed by atoms with Crippen molar-refractivity contribution in [3.05, 3.63) is 40.2 Å². The van der Waals surface area contributed by atoms with E-state index in [-0.39, 0.29) is 5.82 Å². The van der Waals surface area contributed by atoms with E-state index < -0.39 is 0 Å². The van der Waals surface area contributed by atoms with E-state index in [1.165, 1.54) is 17.4 Å². The van der Waals surface area contributed by atoms with E-state index in [0.29, 0.717) is 11.3 Å². The van der Waals surface area contributed by atoms with Crippen molar-refractivity contribution in [3.63, 3.8) is 0 Å². The molecule has 0 saturated carbocycles. The minimum Gasteiger partial charge on any atom is -0.217 e. The van der Waals surface area contributed by atoms with Crippen LogP contribution in [0, 0.1) is 5.82 Å². The monoisotopic (exact) mass is 297 g/mol. The summed E-state index contributed by atoms with van der Waals surface area (Å²) in [6.45, 7) is 0. The van der Waals surface area contributed by atoms with Crippen LogP contribution in [-0.4, -0.2) is 14.6 Å². The molecule has 0 aliphatic carbocycles. The van der Waals surface area contributed by atoms with E-state index in [9.17, 15) is 4.39 Å². The van der Waals surface area contributed by atoms with Gasteiger partial charge in [-0.25, -0.2) is 13.9 Å². The maximum Gasteiger partial charge on any atom is 0.213 e. The van der Waals surface area contributed by atoms with E-state index in [1.54, 1.807) is 28.9 Å². The second-order valence-electron chi connectivity index (χ2n) is 3.19. The Morgan fingerprint density at radius 1 is 1.31 bits per heavy atom. The first-order valence-electron chi connectivity index (χ1n) is 4.50. The first kappa shape index (κ1) is 9.92. The van der Waals surface area contributed by atoms with Crippen LogP contribution in [0.2, 0.25) is 0 Å². The summed E-state index contributed by atoms with van der Waals surface area (Å²) in [7, 11) is 0. The summed E-state index contributed by atoms with van der Waals surface area (Å²) in [5.41, 5.74) is 1.10. The smallest absolute Gasteiger partial charge is 0.213 e. The number of hydrogen-bond acceptors (Lipinski definition) is 3. The Morgan fingerprint density at radius 3 is 2.88 bits per heavy atom. The van der Waals surface area contributed by atoms with E-state index in [4.69, 9.17) is 0 Å². The summed E-state index contributed by atoms with van der Waals surface area (Å²) in [5, 5.41) is 4.16. The maximum absolute atomic E-state index is 13.5. The van der Waals surface area contributed by atoms with Crippen molar-refractivity contribution in [3.8, 4) is 11.3 Å². The van der Waals surface area contributed by atoms with Crippen LogP contribution in [0.15, 0.2) is 34.4 Å². The number of halogens is 2. The van der Waals surface area contributed by atoms with Crippen LogP contribution in [0.25, 0.3) is 16.2 Å². The highest BCUT2D eigenvalue weighted by atomic mass is 79.9. The molecule has 0 N–H and O–H groups in total. The first-order chi connectivity index (χ1) is 7.74. The van der Waals surface area contributed by atoms with Crippen LogP contribution in [0.3, 0.4) is 0 Å². The van der Waals surface area contributed by atoms with E-state index >= 15 is 0 Å². The van der Waals surface area contributed by atoms with Gasteiger partial charge in [0.2, 0.25) is 4.96 Å². The molecule has 2 heterocycles. The van der Waals surface area contributed by atoms with Gasteiger partial charge in [-0.15, -0.1) is 5.10 Å². The Bertz CT molecular complexity index is 629. The summed E-state index contributed by atoms with van der Waals surface area (Å²) in [6, 6.07) is 6.57. The zero-order chi connectivity index (χ0) is 11.1. The topological polar surface area (TPSA) is 30.2 Å². The average molecular weight is 298 g/mol. The summed E-state index contributed by atoms with van der Waals surface area (Å²) in [5.74, 6) is -0.271. The van der Waals surface area contributed by atoms with Gasteiger partial charge in [-0.1, -0.05) is 23.5 Å². The maximum atomic E-state index is 13.5. The normalized spacial score (nSPS) is 11.1. The van der Waals surface area contributed by atoms with Crippen LogP contribution in [0.1, 0.15) is 0 Å². The minimum absolute atomic E-state index is 0.271. The Morgan fingerprint density at radius 2 is 2.12 bits per heavy atom. The third kappa shape index (κ3) is 1.54. The highest BCUT2D eigenvalue weighted by Crippen LogP contribution is 2.25. The van der Waals surface area contributed by atoms with Gasteiger partial charge in [0.15, 0.2) is 3.92 Å². The molecule has 0 aliphatic rings. The fourth-order valence-corrected chi connectivity index (χ4v) is 2.69. The number of fused-ring (bicyclic) bond motifs is 1. The van der Waals surface area contributed by atoms with E-state index in [1.807, 2.05) is 0 Å². The number of benzene rings is 1. The highest BCUT2D eigenvalue weighted by Gasteiger charge is 2.10. The van der Waals surface area contributed by atoms with Gasteiger partial charge in [0.25, 0.3) is 0 Å². The molecule has 2 aromatic heterocycles. The lowest BCUT2D eigenvalue weighted by atomic mass is 10.1. The summed E-state index contributed by atoms with van der Waals surface area (Å²) >= 11 is 4.68. The molecule has 0 atom stereocenters. The van der Waals surface area contributed by atoms with Crippen LogP contribution >= 0.6 is 27.3 Å². The zero-order valence-corrected chi connectivity index (χ0v) is 10.3. The predicted octanol–water partition coefficient (Wildman–Crippen LogP) is 3.36. The molecule has 0 aliphatic heterocycles. The van der Waals surface area contributed by atoms with Gasteiger partial charge in [-0.3, -0.25) is 0 Å². The third-order valence-corrected chi connectivity index (χ3v) is 3.52. The van der Waals surface area contributed by atoms with Gasteiger partial charge in [0, 0.05) is 5.56 Å². The second kappa shape index (κ2) is 3.64. The van der Waals surface area contributed by atoms with Gasteiger partial charge in [0.1, 0.15) is 5.82 Å². The van der Waals surface area contributed by atoms with Gasteiger partial charge < -0.3 is 0 Å². The van der Waals surface area contributed by atoms with E-state index in [2.05, 4.69) is 26.0 Å². The van der Waals surface area contributed by atoms with Crippen molar-refractivity contribution in [2.45, 2.75) is 0 Å². The fraction of sp³-hybridized carbons (Fsp3) is 0. The Hall–Kier alpha value is -1.27. The molecule has 6 heteroatoms. The summed E-state index contributed by atoms with van der Waals surface area (Å²) in [4.78, 5) is 5.05. The molecule has 3 rings (SSSR count). The molecule has 1 aromatic carbocycles.